The molecule has 0 aromatic heterocycles. The number of methoxy groups -OCH3 is 1. The fourth-order valence-corrected chi connectivity index (χ4v) is 12.4. The van der Waals surface area contributed by atoms with E-state index in [0.29, 0.717) is 25.7 Å². The van der Waals surface area contributed by atoms with Gasteiger partial charge in [0, 0.05) is 57.8 Å². The van der Waals surface area contributed by atoms with Gasteiger partial charge in [-0.15, -0.1) is 0 Å². The van der Waals surface area contributed by atoms with Crippen molar-refractivity contribution < 1.29 is 61.0 Å². The number of ketones is 1. The zero-order valence-corrected chi connectivity index (χ0v) is 33.3. The summed E-state index contributed by atoms with van der Waals surface area (Å²) in [6.07, 6.45) is 3.72. The Balaban J connectivity index is 0.989. The first kappa shape index (κ1) is 39.2. The summed E-state index contributed by atoms with van der Waals surface area (Å²) in [7, 11) is -1.84. The highest BCUT2D eigenvalue weighted by atomic mass is 32.2. The third kappa shape index (κ3) is 7.69. The third-order valence-corrected chi connectivity index (χ3v) is 15.2. The maximum absolute atomic E-state index is 14.1. The monoisotopic (exact) mass is 792 g/mol. The van der Waals surface area contributed by atoms with Gasteiger partial charge in [0.05, 0.1) is 72.9 Å². The zero-order chi connectivity index (χ0) is 38.4. The molecule has 10 aliphatic heterocycles. The van der Waals surface area contributed by atoms with Crippen LogP contribution >= 0.6 is 0 Å². The van der Waals surface area contributed by atoms with E-state index in [0.717, 1.165) is 55.9 Å². The summed E-state index contributed by atoms with van der Waals surface area (Å²) in [6, 6.07) is 0. The van der Waals surface area contributed by atoms with Crippen LogP contribution in [0.3, 0.4) is 0 Å². The molecule has 1 N–H and O–H groups in total. The van der Waals surface area contributed by atoms with Gasteiger partial charge in [-0.3, -0.25) is 4.79 Å². The number of Topliss-reactive ketones (excluding diaryl/α,β-unsaturated/α-hetero) is 1. The average Bonchev–Trinajstić information content (AvgIpc) is 3.79. The Kier molecular flexibility index (Phi) is 10.7. The molecule has 19 atom stereocenters. The SMILES string of the molecule is C=C1C[C@@H]2CC[C@@]34C[C@H]5O[C@H]6[C@@H](O3)[C@H]3O[C@H](CC[C@@H]3O[C@H]6[C@H]5O4)CC(=O)C[C@@H]3[C@@H](OC)[C@@H](C[C@H](O)CS(C)(=O)=O)O[C@H]3CC3O[C@@H](CCC1O2)C[C@@H](C)C3=C. The number of carbonyl (C=O) groups is 1. The summed E-state index contributed by atoms with van der Waals surface area (Å²) in [6.45, 7) is 11.1. The number of hydrogen-bond acceptors (Lipinski definition) is 13. The molecular formula is C41H60O13S. The summed E-state index contributed by atoms with van der Waals surface area (Å²) in [5, 5.41) is 10.8. The molecule has 10 heterocycles. The van der Waals surface area contributed by atoms with Crippen LogP contribution in [0.4, 0.5) is 0 Å². The van der Waals surface area contributed by atoms with Gasteiger partial charge < -0.3 is 47.7 Å². The average molecular weight is 793 g/mol. The van der Waals surface area contributed by atoms with Crippen molar-refractivity contribution in [3.05, 3.63) is 24.3 Å². The summed E-state index contributed by atoms with van der Waals surface area (Å²) in [5.74, 6) is -1.29. The number of carbonyl (C=O) groups excluding carboxylic acids is 1. The number of aliphatic hydroxyl groups excluding tert-OH is 1. The Morgan fingerprint density at radius 3 is 2.33 bits per heavy atom. The number of sulfone groups is 1. The van der Waals surface area contributed by atoms with Crippen LogP contribution < -0.4 is 0 Å². The number of hydrogen-bond donors (Lipinski definition) is 1. The molecule has 308 valence electrons. The second-order valence-corrected chi connectivity index (χ2v) is 20.5. The molecule has 12 bridgehead atoms. The molecule has 0 aromatic rings. The van der Waals surface area contributed by atoms with E-state index in [9.17, 15) is 18.3 Å². The highest BCUT2D eigenvalue weighted by molar-refractivity contribution is 7.90. The van der Waals surface area contributed by atoms with Crippen molar-refractivity contribution in [1.82, 2.24) is 0 Å². The van der Waals surface area contributed by atoms with E-state index < -0.39 is 46.1 Å². The van der Waals surface area contributed by atoms with Crippen molar-refractivity contribution >= 4 is 15.6 Å². The van der Waals surface area contributed by atoms with E-state index in [2.05, 4.69) is 20.1 Å². The van der Waals surface area contributed by atoms with Gasteiger partial charge in [0.1, 0.15) is 46.1 Å². The fourth-order valence-electron chi connectivity index (χ4n) is 11.6. The Morgan fingerprint density at radius 1 is 0.800 bits per heavy atom. The minimum atomic E-state index is -3.42. The van der Waals surface area contributed by atoms with Gasteiger partial charge >= 0.3 is 0 Å². The van der Waals surface area contributed by atoms with Crippen molar-refractivity contribution in [3.63, 3.8) is 0 Å². The van der Waals surface area contributed by atoms with Crippen LogP contribution in [-0.4, -0.2) is 142 Å². The summed E-state index contributed by atoms with van der Waals surface area (Å²) in [5.41, 5.74) is 2.11. The van der Waals surface area contributed by atoms with Gasteiger partial charge in [0.25, 0.3) is 0 Å². The van der Waals surface area contributed by atoms with Crippen LogP contribution in [0, 0.1) is 11.8 Å². The maximum atomic E-state index is 14.1. The molecule has 10 rings (SSSR count). The van der Waals surface area contributed by atoms with Crippen molar-refractivity contribution in [3.8, 4) is 0 Å². The molecule has 0 amide bonds. The second kappa shape index (κ2) is 15.1. The molecule has 0 aromatic carbocycles. The molecule has 0 aliphatic carbocycles. The maximum Gasteiger partial charge on any atom is 0.172 e. The second-order valence-electron chi connectivity index (χ2n) is 18.3. The first-order valence-electron chi connectivity index (χ1n) is 20.8. The Bertz CT molecular complexity index is 1600. The lowest BCUT2D eigenvalue weighted by Gasteiger charge is -2.47. The van der Waals surface area contributed by atoms with E-state index in [1.54, 1.807) is 7.11 Å². The van der Waals surface area contributed by atoms with Crippen LogP contribution in [-0.2, 0) is 57.3 Å². The summed E-state index contributed by atoms with van der Waals surface area (Å²) in [4.78, 5) is 14.1. The van der Waals surface area contributed by atoms with E-state index in [-0.39, 0.29) is 110 Å². The first-order valence-corrected chi connectivity index (χ1v) is 22.9. The zero-order valence-electron chi connectivity index (χ0n) is 32.5. The molecule has 2 unspecified atom stereocenters. The molecule has 0 radical (unpaired) electrons. The number of rotatable bonds is 5. The van der Waals surface area contributed by atoms with Gasteiger partial charge in [-0.2, -0.15) is 0 Å². The molecule has 10 saturated heterocycles. The standard InChI is InChI=1S/C41H60O13S/c1-20-12-25-6-8-29-21(2)13-27(47-29)10-11-41-18-34-37(53-41)38-39(52-34)40(54-41)36-30(51-38)9-7-26(49-36)14-23(42)15-28-32(17-31(48-25)22(20)3)50-33(35(28)46-4)16-24(43)19-55(5,44)45/h20,24-40,43H,2-3,6-19H2,1,4-5H3/t20-,24+,25+,26-,27+,28+,29?,30+,31?,32+,33-,34-,35-,36+,37+,38+,39-,40+,41+/m1/s1. The van der Waals surface area contributed by atoms with Gasteiger partial charge in [-0.1, -0.05) is 20.1 Å². The van der Waals surface area contributed by atoms with Crippen LogP contribution in [0.5, 0.6) is 0 Å². The minimum Gasteiger partial charge on any atom is -0.392 e. The quantitative estimate of drug-likeness (QED) is 0.405. The van der Waals surface area contributed by atoms with Crippen LogP contribution in [0.25, 0.3) is 0 Å². The van der Waals surface area contributed by atoms with Crippen molar-refractivity contribution in [2.24, 2.45) is 11.8 Å². The topological polar surface area (TPSA) is 155 Å². The highest BCUT2D eigenvalue weighted by Crippen LogP contribution is 2.54. The molecular weight excluding hydrogens is 733 g/mol. The van der Waals surface area contributed by atoms with Crippen molar-refractivity contribution in [1.29, 1.82) is 0 Å². The predicted molar refractivity (Wildman–Crippen MR) is 197 cm³/mol. The molecule has 13 nitrogen and oxygen atoms in total. The molecule has 10 fully saturated rings. The number of fused-ring (bicyclic) bond motifs is 6. The van der Waals surface area contributed by atoms with E-state index >= 15 is 0 Å². The Morgan fingerprint density at radius 2 is 1.53 bits per heavy atom. The van der Waals surface area contributed by atoms with E-state index in [1.807, 2.05) is 0 Å². The largest absolute Gasteiger partial charge is 0.392 e. The number of aliphatic hydroxyl groups is 1. The van der Waals surface area contributed by atoms with Crippen LogP contribution in [0.2, 0.25) is 0 Å². The Labute approximate surface area is 325 Å². The van der Waals surface area contributed by atoms with Crippen LogP contribution in [0.15, 0.2) is 24.3 Å². The van der Waals surface area contributed by atoms with Crippen molar-refractivity contribution in [2.75, 3.05) is 19.1 Å². The van der Waals surface area contributed by atoms with Gasteiger partial charge in [0.2, 0.25) is 0 Å². The van der Waals surface area contributed by atoms with Gasteiger partial charge in [0.15, 0.2) is 5.79 Å². The molecule has 1 spiro atoms. The highest BCUT2D eigenvalue weighted by Gasteiger charge is 2.68. The predicted octanol–water partition coefficient (Wildman–Crippen LogP) is 3.52. The normalized spacial score (nSPS) is 50.5. The molecule has 55 heavy (non-hydrogen) atoms. The fraction of sp³-hybridized carbons (Fsp3) is 0.878. The first-order chi connectivity index (χ1) is 26.2. The third-order valence-electron chi connectivity index (χ3n) is 14.2. The number of ether oxygens (including phenoxy) is 9. The minimum absolute atomic E-state index is 0.0127. The smallest absolute Gasteiger partial charge is 0.172 e. The summed E-state index contributed by atoms with van der Waals surface area (Å²) < 4.78 is 84.0. The van der Waals surface area contributed by atoms with Crippen molar-refractivity contribution in [2.45, 2.75) is 194 Å². The lowest BCUT2D eigenvalue weighted by Crippen LogP contribution is -2.61. The lowest BCUT2D eigenvalue weighted by molar-refractivity contribution is -0.292. The van der Waals surface area contributed by atoms with Crippen LogP contribution in [0.1, 0.15) is 90.4 Å². The summed E-state index contributed by atoms with van der Waals surface area (Å²) >= 11 is 0. The van der Waals surface area contributed by atoms with Gasteiger partial charge in [-0.25, -0.2) is 8.42 Å². The Hall–Kier alpha value is -1.30. The molecule has 14 heteroatoms. The molecule has 10 aliphatic rings. The van der Waals surface area contributed by atoms with E-state index in [4.69, 9.17) is 42.6 Å². The van der Waals surface area contributed by atoms with Gasteiger partial charge in [-0.05, 0) is 62.0 Å². The van der Waals surface area contributed by atoms with E-state index in [1.165, 1.54) is 0 Å². The molecule has 0 saturated carbocycles. The lowest BCUT2D eigenvalue weighted by atomic mass is 9.81.